The van der Waals surface area contributed by atoms with Crippen molar-refractivity contribution < 1.29 is 0 Å². The molecule has 0 atom stereocenters. The van der Waals surface area contributed by atoms with Gasteiger partial charge in [0.1, 0.15) is 0 Å². The minimum atomic E-state index is 0.130. The van der Waals surface area contributed by atoms with Crippen LogP contribution in [0.5, 0.6) is 0 Å². The van der Waals surface area contributed by atoms with Gasteiger partial charge in [0.05, 0.1) is 11.0 Å². The molecular formula is C15H22N2O. The number of aromatic nitrogens is 2. The zero-order valence-electron chi connectivity index (χ0n) is 11.5. The molecule has 1 aromatic heterocycles. The lowest BCUT2D eigenvalue weighted by atomic mass is 10.0. The van der Waals surface area contributed by atoms with E-state index in [4.69, 9.17) is 0 Å². The van der Waals surface area contributed by atoms with Crippen LogP contribution in [0.15, 0.2) is 29.1 Å². The van der Waals surface area contributed by atoms with Crippen molar-refractivity contribution in [1.29, 1.82) is 0 Å². The van der Waals surface area contributed by atoms with Gasteiger partial charge in [-0.15, -0.1) is 0 Å². The Morgan fingerprint density at radius 2 is 1.56 bits per heavy atom. The molecule has 3 nitrogen and oxygen atoms in total. The van der Waals surface area contributed by atoms with Crippen LogP contribution in [0.4, 0.5) is 0 Å². The van der Waals surface area contributed by atoms with E-state index < -0.39 is 0 Å². The third-order valence-electron chi connectivity index (χ3n) is 3.84. The minimum absolute atomic E-state index is 0.130. The Morgan fingerprint density at radius 3 is 2.06 bits per heavy atom. The monoisotopic (exact) mass is 246 g/mol. The molecule has 0 aliphatic rings. The molecule has 3 heteroatoms. The van der Waals surface area contributed by atoms with Crippen LogP contribution in [0.3, 0.4) is 0 Å². The zero-order chi connectivity index (χ0) is 13.1. The molecule has 2 rings (SSSR count). The fourth-order valence-corrected chi connectivity index (χ4v) is 2.56. The Hall–Kier alpha value is -1.51. The highest BCUT2D eigenvalue weighted by Crippen LogP contribution is 2.16. The van der Waals surface area contributed by atoms with Gasteiger partial charge in [-0.2, -0.15) is 0 Å². The van der Waals surface area contributed by atoms with Crippen LogP contribution in [-0.2, 0) is 13.1 Å². The first-order valence-electron chi connectivity index (χ1n) is 6.90. The number of para-hydroxylation sites is 2. The van der Waals surface area contributed by atoms with Crippen LogP contribution in [0.1, 0.15) is 33.6 Å². The van der Waals surface area contributed by atoms with Crippen LogP contribution in [0.25, 0.3) is 11.0 Å². The number of rotatable bonds is 5. The highest BCUT2D eigenvalue weighted by atomic mass is 16.1. The largest absolute Gasteiger partial charge is 0.329 e. The van der Waals surface area contributed by atoms with Gasteiger partial charge in [-0.25, -0.2) is 4.79 Å². The Kier molecular flexibility index (Phi) is 3.90. The SMILES string of the molecule is CCC(CC)Cn1c(=O)n(CC)c2ccccc21. The van der Waals surface area contributed by atoms with Gasteiger partial charge < -0.3 is 0 Å². The first-order chi connectivity index (χ1) is 8.72. The summed E-state index contributed by atoms with van der Waals surface area (Å²) in [5.41, 5.74) is 2.25. The second-order valence-corrected chi connectivity index (χ2v) is 4.81. The number of nitrogens with zero attached hydrogens (tertiary/aromatic N) is 2. The maximum atomic E-state index is 12.4. The summed E-state index contributed by atoms with van der Waals surface area (Å²) in [6.07, 6.45) is 2.24. The topological polar surface area (TPSA) is 26.9 Å². The molecule has 0 amide bonds. The van der Waals surface area contributed by atoms with E-state index >= 15 is 0 Å². The summed E-state index contributed by atoms with van der Waals surface area (Å²) >= 11 is 0. The summed E-state index contributed by atoms with van der Waals surface area (Å²) in [5, 5.41) is 0. The molecule has 0 N–H and O–H groups in total. The zero-order valence-corrected chi connectivity index (χ0v) is 11.5. The molecular weight excluding hydrogens is 224 g/mol. The van der Waals surface area contributed by atoms with Crippen LogP contribution in [-0.4, -0.2) is 9.13 Å². The predicted molar refractivity (Wildman–Crippen MR) is 75.9 cm³/mol. The number of hydrogen-bond donors (Lipinski definition) is 0. The van der Waals surface area contributed by atoms with Crippen LogP contribution >= 0.6 is 0 Å². The summed E-state index contributed by atoms with van der Waals surface area (Å²) in [6, 6.07) is 8.08. The number of aryl methyl sites for hydroxylation is 1. The summed E-state index contributed by atoms with van der Waals surface area (Å²) in [7, 11) is 0. The molecule has 1 aromatic carbocycles. The maximum Gasteiger partial charge on any atom is 0.329 e. The molecule has 0 aliphatic carbocycles. The Labute approximate surface area is 108 Å². The molecule has 0 radical (unpaired) electrons. The average Bonchev–Trinajstić information content (AvgIpc) is 2.68. The van der Waals surface area contributed by atoms with Crippen molar-refractivity contribution in [1.82, 2.24) is 9.13 Å². The highest BCUT2D eigenvalue weighted by Gasteiger charge is 2.14. The van der Waals surface area contributed by atoms with E-state index in [2.05, 4.69) is 13.8 Å². The van der Waals surface area contributed by atoms with E-state index in [1.54, 1.807) is 0 Å². The molecule has 98 valence electrons. The number of imidazole rings is 1. The Balaban J connectivity index is 2.56. The van der Waals surface area contributed by atoms with Crippen molar-refractivity contribution in [3.8, 4) is 0 Å². The van der Waals surface area contributed by atoms with Crippen LogP contribution in [0.2, 0.25) is 0 Å². The first-order valence-corrected chi connectivity index (χ1v) is 6.90. The quantitative estimate of drug-likeness (QED) is 0.795. The van der Waals surface area contributed by atoms with E-state index in [-0.39, 0.29) is 5.69 Å². The summed E-state index contributed by atoms with van der Waals surface area (Å²) in [4.78, 5) is 12.4. The van der Waals surface area contributed by atoms with Crippen molar-refractivity contribution >= 4 is 11.0 Å². The lowest BCUT2D eigenvalue weighted by Gasteiger charge is -2.12. The third kappa shape index (κ3) is 2.09. The van der Waals surface area contributed by atoms with Gasteiger partial charge >= 0.3 is 5.69 Å². The number of fused-ring (bicyclic) bond motifs is 1. The van der Waals surface area contributed by atoms with E-state index in [0.717, 1.165) is 37.0 Å². The van der Waals surface area contributed by atoms with E-state index in [0.29, 0.717) is 5.92 Å². The fraction of sp³-hybridized carbons (Fsp3) is 0.533. The summed E-state index contributed by atoms with van der Waals surface area (Å²) < 4.78 is 3.80. The van der Waals surface area contributed by atoms with Crippen LogP contribution < -0.4 is 5.69 Å². The van der Waals surface area contributed by atoms with Gasteiger partial charge in [0.25, 0.3) is 0 Å². The van der Waals surface area contributed by atoms with Gasteiger partial charge in [0, 0.05) is 13.1 Å². The summed E-state index contributed by atoms with van der Waals surface area (Å²) in [5.74, 6) is 0.582. The van der Waals surface area contributed by atoms with Crippen molar-refractivity contribution in [3.63, 3.8) is 0 Å². The smallest absolute Gasteiger partial charge is 0.292 e. The fourth-order valence-electron chi connectivity index (χ4n) is 2.56. The van der Waals surface area contributed by atoms with E-state index in [1.807, 2.05) is 40.3 Å². The first kappa shape index (κ1) is 12.9. The van der Waals surface area contributed by atoms with E-state index in [9.17, 15) is 4.79 Å². The Morgan fingerprint density at radius 1 is 1.00 bits per heavy atom. The lowest BCUT2D eigenvalue weighted by Crippen LogP contribution is -2.26. The molecule has 0 bridgehead atoms. The molecule has 0 saturated carbocycles. The van der Waals surface area contributed by atoms with Crippen LogP contribution in [0, 0.1) is 5.92 Å². The van der Waals surface area contributed by atoms with Crippen molar-refractivity contribution in [2.24, 2.45) is 5.92 Å². The molecule has 0 aliphatic heterocycles. The second kappa shape index (κ2) is 5.42. The predicted octanol–water partition coefficient (Wildman–Crippen LogP) is 3.26. The van der Waals surface area contributed by atoms with E-state index in [1.165, 1.54) is 0 Å². The highest BCUT2D eigenvalue weighted by molar-refractivity contribution is 5.75. The van der Waals surface area contributed by atoms with Crippen molar-refractivity contribution in [3.05, 3.63) is 34.7 Å². The van der Waals surface area contributed by atoms with Gasteiger partial charge in [-0.3, -0.25) is 9.13 Å². The molecule has 2 aromatic rings. The van der Waals surface area contributed by atoms with Crippen molar-refractivity contribution in [2.45, 2.75) is 46.7 Å². The maximum absolute atomic E-state index is 12.4. The van der Waals surface area contributed by atoms with Gasteiger partial charge in [-0.1, -0.05) is 38.8 Å². The van der Waals surface area contributed by atoms with Gasteiger partial charge in [0.2, 0.25) is 0 Å². The average molecular weight is 246 g/mol. The molecule has 0 unspecified atom stereocenters. The third-order valence-corrected chi connectivity index (χ3v) is 3.84. The van der Waals surface area contributed by atoms with Gasteiger partial charge in [-0.05, 0) is 25.0 Å². The second-order valence-electron chi connectivity index (χ2n) is 4.81. The Bertz CT molecular complexity index is 576. The number of benzene rings is 1. The molecule has 0 fully saturated rings. The molecule has 1 heterocycles. The standard InChI is InChI=1S/C15H22N2O/c1-4-12(5-2)11-17-14-10-8-7-9-13(14)16(6-3)15(17)18/h7-10,12H,4-6,11H2,1-3H3. The lowest BCUT2D eigenvalue weighted by molar-refractivity contribution is 0.415. The molecule has 0 saturated heterocycles. The van der Waals surface area contributed by atoms with Gasteiger partial charge in [0.15, 0.2) is 0 Å². The minimum Gasteiger partial charge on any atom is -0.292 e. The van der Waals surface area contributed by atoms with Crippen molar-refractivity contribution in [2.75, 3.05) is 0 Å². The normalized spacial score (nSPS) is 11.6. The molecule has 18 heavy (non-hydrogen) atoms. The number of hydrogen-bond acceptors (Lipinski definition) is 1. The molecule has 0 spiro atoms. The summed E-state index contributed by atoms with van der Waals surface area (Å²) in [6.45, 7) is 7.97.